The SMILES string of the molecule is COCCN1CC(C(=O)NCCOC(C)C)CCC1=O. The minimum Gasteiger partial charge on any atom is -0.383 e. The van der Waals surface area contributed by atoms with Crippen molar-refractivity contribution < 1.29 is 19.1 Å². The molecule has 2 amide bonds. The van der Waals surface area contributed by atoms with Gasteiger partial charge < -0.3 is 19.7 Å². The lowest BCUT2D eigenvalue weighted by Gasteiger charge is -2.31. The quantitative estimate of drug-likeness (QED) is 0.656. The van der Waals surface area contributed by atoms with E-state index in [0.717, 1.165) is 0 Å². The minimum atomic E-state index is -0.122. The Morgan fingerprint density at radius 3 is 2.85 bits per heavy atom. The zero-order chi connectivity index (χ0) is 15.0. The fourth-order valence-corrected chi connectivity index (χ4v) is 2.16. The molecule has 116 valence electrons. The van der Waals surface area contributed by atoms with Crippen LogP contribution in [0.5, 0.6) is 0 Å². The normalized spacial score (nSPS) is 19.5. The summed E-state index contributed by atoms with van der Waals surface area (Å²) in [5.74, 6) is -0.00915. The average Bonchev–Trinajstić information content (AvgIpc) is 2.42. The van der Waals surface area contributed by atoms with Crippen molar-refractivity contribution in [2.45, 2.75) is 32.8 Å². The standard InChI is InChI=1S/C14H26N2O4/c1-11(2)20-8-6-15-14(18)12-4-5-13(17)16(10-12)7-9-19-3/h11-12H,4-10H2,1-3H3,(H,15,18). The first-order valence-electron chi connectivity index (χ1n) is 7.20. The first kappa shape index (κ1) is 16.9. The number of rotatable bonds is 8. The molecule has 20 heavy (non-hydrogen) atoms. The zero-order valence-electron chi connectivity index (χ0n) is 12.7. The summed E-state index contributed by atoms with van der Waals surface area (Å²) < 4.78 is 10.4. The van der Waals surface area contributed by atoms with Gasteiger partial charge in [-0.1, -0.05) is 0 Å². The number of piperidine rings is 1. The first-order chi connectivity index (χ1) is 9.54. The van der Waals surface area contributed by atoms with Gasteiger partial charge in [0.15, 0.2) is 0 Å². The van der Waals surface area contributed by atoms with Crippen LogP contribution in [0.1, 0.15) is 26.7 Å². The third kappa shape index (κ3) is 5.88. The summed E-state index contributed by atoms with van der Waals surface area (Å²) in [5, 5.41) is 2.87. The summed E-state index contributed by atoms with van der Waals surface area (Å²) in [4.78, 5) is 25.5. The number of hydrogen-bond acceptors (Lipinski definition) is 4. The van der Waals surface area contributed by atoms with Crippen molar-refractivity contribution >= 4 is 11.8 Å². The molecule has 1 heterocycles. The number of hydrogen-bond donors (Lipinski definition) is 1. The largest absolute Gasteiger partial charge is 0.383 e. The molecule has 1 aliphatic rings. The van der Waals surface area contributed by atoms with Gasteiger partial charge in [0.25, 0.3) is 0 Å². The van der Waals surface area contributed by atoms with Gasteiger partial charge in [-0.3, -0.25) is 9.59 Å². The fourth-order valence-electron chi connectivity index (χ4n) is 2.16. The Morgan fingerprint density at radius 2 is 2.20 bits per heavy atom. The van der Waals surface area contributed by atoms with Crippen LogP contribution in [0.4, 0.5) is 0 Å². The zero-order valence-corrected chi connectivity index (χ0v) is 12.7. The number of carbonyl (C=O) groups excluding carboxylic acids is 2. The second-order valence-electron chi connectivity index (χ2n) is 5.28. The van der Waals surface area contributed by atoms with Gasteiger partial charge >= 0.3 is 0 Å². The molecule has 0 bridgehead atoms. The van der Waals surface area contributed by atoms with Crippen LogP contribution in [0, 0.1) is 5.92 Å². The van der Waals surface area contributed by atoms with Gasteiger partial charge in [0, 0.05) is 33.2 Å². The third-order valence-corrected chi connectivity index (χ3v) is 3.29. The number of ether oxygens (including phenoxy) is 2. The molecule has 6 nitrogen and oxygen atoms in total. The fraction of sp³-hybridized carbons (Fsp3) is 0.857. The Balaban J connectivity index is 2.31. The first-order valence-corrected chi connectivity index (χ1v) is 7.20. The Bertz CT molecular complexity index is 320. The van der Waals surface area contributed by atoms with Gasteiger partial charge in [0.2, 0.25) is 11.8 Å². The van der Waals surface area contributed by atoms with Crippen molar-refractivity contribution in [1.29, 1.82) is 0 Å². The van der Waals surface area contributed by atoms with E-state index in [9.17, 15) is 9.59 Å². The van der Waals surface area contributed by atoms with Crippen molar-refractivity contribution in [2.75, 3.05) is 40.0 Å². The predicted molar refractivity (Wildman–Crippen MR) is 75.3 cm³/mol. The second kappa shape index (κ2) is 8.92. The van der Waals surface area contributed by atoms with Crippen LogP contribution < -0.4 is 5.32 Å². The molecule has 1 unspecified atom stereocenters. The maximum absolute atomic E-state index is 12.0. The van der Waals surface area contributed by atoms with Crippen molar-refractivity contribution in [1.82, 2.24) is 10.2 Å². The molecular formula is C14H26N2O4. The van der Waals surface area contributed by atoms with Crippen molar-refractivity contribution in [3.8, 4) is 0 Å². The lowest BCUT2D eigenvalue weighted by atomic mass is 9.96. The van der Waals surface area contributed by atoms with Crippen LogP contribution in [0.2, 0.25) is 0 Å². The lowest BCUT2D eigenvalue weighted by molar-refractivity contribution is -0.139. The van der Waals surface area contributed by atoms with E-state index in [1.54, 1.807) is 12.0 Å². The Hall–Kier alpha value is -1.14. The summed E-state index contributed by atoms with van der Waals surface area (Å²) in [6.07, 6.45) is 1.23. The van der Waals surface area contributed by atoms with Gasteiger partial charge in [0.1, 0.15) is 0 Å². The van der Waals surface area contributed by atoms with Crippen molar-refractivity contribution in [2.24, 2.45) is 5.92 Å². The molecule has 1 saturated heterocycles. The van der Waals surface area contributed by atoms with E-state index in [2.05, 4.69) is 5.32 Å². The van der Waals surface area contributed by atoms with E-state index in [-0.39, 0.29) is 23.8 Å². The van der Waals surface area contributed by atoms with Crippen LogP contribution in [-0.4, -0.2) is 62.8 Å². The molecule has 1 aliphatic heterocycles. The van der Waals surface area contributed by atoms with Gasteiger partial charge in [-0.15, -0.1) is 0 Å². The number of likely N-dealkylation sites (tertiary alicyclic amines) is 1. The summed E-state index contributed by atoms with van der Waals surface area (Å²) >= 11 is 0. The lowest BCUT2D eigenvalue weighted by Crippen LogP contribution is -2.47. The highest BCUT2D eigenvalue weighted by Crippen LogP contribution is 2.17. The number of nitrogens with zero attached hydrogens (tertiary/aromatic N) is 1. The Labute approximate surface area is 120 Å². The van der Waals surface area contributed by atoms with Crippen LogP contribution in [0.3, 0.4) is 0 Å². The molecule has 0 aromatic heterocycles. The van der Waals surface area contributed by atoms with Gasteiger partial charge in [-0.25, -0.2) is 0 Å². The summed E-state index contributed by atoms with van der Waals surface area (Å²) in [6, 6.07) is 0. The van der Waals surface area contributed by atoms with Gasteiger partial charge in [-0.05, 0) is 20.3 Å². The predicted octanol–water partition coefficient (Wildman–Crippen LogP) is 0.413. The second-order valence-corrected chi connectivity index (χ2v) is 5.28. The van der Waals surface area contributed by atoms with Crippen LogP contribution in [0.15, 0.2) is 0 Å². The molecule has 6 heteroatoms. The maximum Gasteiger partial charge on any atom is 0.224 e. The highest BCUT2D eigenvalue weighted by molar-refractivity contribution is 5.83. The Kier molecular flexibility index (Phi) is 7.54. The van der Waals surface area contributed by atoms with E-state index >= 15 is 0 Å². The molecule has 1 atom stereocenters. The molecular weight excluding hydrogens is 260 g/mol. The minimum absolute atomic E-state index is 0.00673. The highest BCUT2D eigenvalue weighted by Gasteiger charge is 2.29. The highest BCUT2D eigenvalue weighted by atomic mass is 16.5. The average molecular weight is 286 g/mol. The number of amides is 2. The van der Waals surface area contributed by atoms with E-state index in [0.29, 0.717) is 45.7 Å². The molecule has 1 rings (SSSR count). The Morgan fingerprint density at radius 1 is 1.45 bits per heavy atom. The van der Waals surface area contributed by atoms with Crippen LogP contribution in [0.25, 0.3) is 0 Å². The van der Waals surface area contributed by atoms with Gasteiger partial charge in [-0.2, -0.15) is 0 Å². The maximum atomic E-state index is 12.0. The van der Waals surface area contributed by atoms with E-state index < -0.39 is 0 Å². The van der Waals surface area contributed by atoms with E-state index in [1.165, 1.54) is 0 Å². The molecule has 0 radical (unpaired) electrons. The van der Waals surface area contributed by atoms with E-state index in [4.69, 9.17) is 9.47 Å². The summed E-state index contributed by atoms with van der Waals surface area (Å²) in [6.45, 7) is 6.49. The smallest absolute Gasteiger partial charge is 0.224 e. The molecule has 0 saturated carbocycles. The molecule has 1 N–H and O–H groups in total. The van der Waals surface area contributed by atoms with Crippen molar-refractivity contribution in [3.63, 3.8) is 0 Å². The number of nitrogens with one attached hydrogen (secondary N) is 1. The van der Waals surface area contributed by atoms with Crippen LogP contribution in [-0.2, 0) is 19.1 Å². The molecule has 0 aliphatic carbocycles. The van der Waals surface area contributed by atoms with Crippen molar-refractivity contribution in [3.05, 3.63) is 0 Å². The topological polar surface area (TPSA) is 67.9 Å². The third-order valence-electron chi connectivity index (χ3n) is 3.29. The molecule has 1 fully saturated rings. The molecule has 0 spiro atoms. The van der Waals surface area contributed by atoms with E-state index in [1.807, 2.05) is 13.8 Å². The number of methoxy groups -OCH3 is 1. The molecule has 0 aromatic rings. The monoisotopic (exact) mass is 286 g/mol. The summed E-state index contributed by atoms with van der Waals surface area (Å²) in [7, 11) is 1.60. The van der Waals surface area contributed by atoms with Gasteiger partial charge in [0.05, 0.1) is 25.2 Å². The van der Waals surface area contributed by atoms with Crippen LogP contribution >= 0.6 is 0 Å². The molecule has 0 aromatic carbocycles. The number of carbonyl (C=O) groups is 2. The summed E-state index contributed by atoms with van der Waals surface area (Å²) in [5.41, 5.74) is 0.